The minimum Gasteiger partial charge on any atom is -0.469 e. The lowest BCUT2D eigenvalue weighted by molar-refractivity contribution is -0.141. The van der Waals surface area contributed by atoms with Crippen molar-refractivity contribution in [2.75, 3.05) is 7.11 Å². The number of esters is 1. The molecule has 2 aromatic carbocycles. The molecule has 1 heterocycles. The first-order valence-electron chi connectivity index (χ1n) is 8.19. The molecule has 1 aromatic heterocycles. The Hall–Kier alpha value is -2.60. The van der Waals surface area contributed by atoms with Gasteiger partial charge >= 0.3 is 5.97 Å². The Morgan fingerprint density at radius 2 is 1.96 bits per heavy atom. The summed E-state index contributed by atoms with van der Waals surface area (Å²) in [6, 6.07) is 14.7. The summed E-state index contributed by atoms with van der Waals surface area (Å²) in [4.78, 5) is 27.7. The van der Waals surface area contributed by atoms with E-state index in [0.717, 1.165) is 26.5 Å². The van der Waals surface area contributed by atoms with Crippen LogP contribution in [0.15, 0.2) is 53.0 Å². The zero-order valence-electron chi connectivity index (χ0n) is 14.5. The number of aromatic nitrogens is 1. The lowest BCUT2D eigenvalue weighted by atomic mass is 10.0. The van der Waals surface area contributed by atoms with E-state index in [-0.39, 0.29) is 18.3 Å². The van der Waals surface area contributed by atoms with Gasteiger partial charge in [-0.3, -0.25) is 9.59 Å². The average Bonchev–Trinajstić information content (AvgIpc) is 3.07. The topological polar surface area (TPSA) is 71.2 Å². The molecule has 0 saturated carbocycles. The number of nitrogens with one attached hydrogen (secondary N) is 2. The van der Waals surface area contributed by atoms with E-state index in [2.05, 4.69) is 26.2 Å². The minimum absolute atomic E-state index is 0.0535. The van der Waals surface area contributed by atoms with Crippen LogP contribution >= 0.6 is 15.9 Å². The van der Waals surface area contributed by atoms with E-state index in [1.165, 1.54) is 7.11 Å². The van der Waals surface area contributed by atoms with Crippen molar-refractivity contribution in [3.63, 3.8) is 0 Å². The van der Waals surface area contributed by atoms with Crippen molar-refractivity contribution >= 4 is 38.7 Å². The third-order valence-electron chi connectivity index (χ3n) is 4.26. The van der Waals surface area contributed by atoms with Gasteiger partial charge in [-0.2, -0.15) is 0 Å². The quantitative estimate of drug-likeness (QED) is 0.612. The molecule has 1 atom stereocenters. The van der Waals surface area contributed by atoms with E-state index < -0.39 is 6.04 Å². The van der Waals surface area contributed by atoms with Crippen molar-refractivity contribution in [3.05, 3.63) is 69.8 Å². The lowest BCUT2D eigenvalue weighted by Gasteiger charge is -2.18. The fourth-order valence-electron chi connectivity index (χ4n) is 2.89. The molecule has 5 nitrogen and oxygen atoms in total. The van der Waals surface area contributed by atoms with Gasteiger partial charge in [-0.1, -0.05) is 46.3 Å². The minimum atomic E-state index is -0.486. The first kappa shape index (κ1) is 18.2. The summed E-state index contributed by atoms with van der Waals surface area (Å²) in [5.41, 5.74) is 3.29. The van der Waals surface area contributed by atoms with Crippen LogP contribution in [0.1, 0.15) is 34.1 Å². The molecule has 0 fully saturated rings. The third-order valence-corrected chi connectivity index (χ3v) is 4.76. The highest BCUT2D eigenvalue weighted by Crippen LogP contribution is 2.23. The predicted octanol–water partition coefficient (Wildman–Crippen LogP) is 4.27. The summed E-state index contributed by atoms with van der Waals surface area (Å²) in [6.07, 6.45) is 0.0535. The number of H-pyrrole nitrogens is 1. The van der Waals surface area contributed by atoms with Gasteiger partial charge in [-0.15, -0.1) is 0 Å². The SMILES string of the molecule is COC(=O)CC(NC(=O)c1cc2cccc(C)c2[nH]1)c1cccc(Br)c1. The summed E-state index contributed by atoms with van der Waals surface area (Å²) >= 11 is 3.42. The first-order chi connectivity index (χ1) is 12.5. The molecule has 0 spiro atoms. The number of halogens is 1. The van der Waals surface area contributed by atoms with Crippen LogP contribution in [0.4, 0.5) is 0 Å². The van der Waals surface area contributed by atoms with Crippen molar-refractivity contribution in [2.45, 2.75) is 19.4 Å². The number of hydrogen-bond acceptors (Lipinski definition) is 3. The van der Waals surface area contributed by atoms with Crippen molar-refractivity contribution in [3.8, 4) is 0 Å². The molecule has 1 amide bonds. The largest absolute Gasteiger partial charge is 0.469 e. The van der Waals surface area contributed by atoms with Crippen LogP contribution in [0.2, 0.25) is 0 Å². The molecule has 2 N–H and O–H groups in total. The molecule has 0 saturated heterocycles. The normalized spacial score (nSPS) is 12.0. The number of aryl methyl sites for hydroxylation is 1. The van der Waals surface area contributed by atoms with Crippen molar-refractivity contribution in [1.82, 2.24) is 10.3 Å². The van der Waals surface area contributed by atoms with Gasteiger partial charge in [0.2, 0.25) is 0 Å². The number of para-hydroxylation sites is 1. The van der Waals surface area contributed by atoms with Gasteiger partial charge in [0.25, 0.3) is 5.91 Å². The number of carbonyl (C=O) groups excluding carboxylic acids is 2. The van der Waals surface area contributed by atoms with Crippen LogP contribution in [-0.4, -0.2) is 24.0 Å². The highest BCUT2D eigenvalue weighted by atomic mass is 79.9. The maximum atomic E-state index is 12.8. The number of carbonyl (C=O) groups is 2. The molecule has 134 valence electrons. The lowest BCUT2D eigenvalue weighted by Crippen LogP contribution is -2.30. The van der Waals surface area contributed by atoms with Gasteiger partial charge in [-0.05, 0) is 36.2 Å². The van der Waals surface area contributed by atoms with Crippen LogP contribution in [0.3, 0.4) is 0 Å². The molecule has 0 bridgehead atoms. The second-order valence-corrected chi connectivity index (χ2v) is 7.00. The molecule has 0 aliphatic carbocycles. The summed E-state index contributed by atoms with van der Waals surface area (Å²) in [5.74, 6) is -0.655. The van der Waals surface area contributed by atoms with Crippen molar-refractivity contribution < 1.29 is 14.3 Å². The number of rotatable bonds is 5. The van der Waals surface area contributed by atoms with E-state index in [1.807, 2.05) is 55.5 Å². The highest BCUT2D eigenvalue weighted by molar-refractivity contribution is 9.10. The van der Waals surface area contributed by atoms with Gasteiger partial charge in [-0.25, -0.2) is 0 Å². The maximum Gasteiger partial charge on any atom is 0.307 e. The zero-order valence-corrected chi connectivity index (χ0v) is 16.1. The van der Waals surface area contributed by atoms with Crippen molar-refractivity contribution in [1.29, 1.82) is 0 Å². The average molecular weight is 415 g/mol. The summed E-state index contributed by atoms with van der Waals surface area (Å²) in [7, 11) is 1.34. The second-order valence-electron chi connectivity index (χ2n) is 6.08. The molecule has 3 rings (SSSR count). The molecule has 1 unspecified atom stereocenters. The summed E-state index contributed by atoms with van der Waals surface area (Å²) in [5, 5.41) is 3.90. The molecule has 6 heteroatoms. The number of hydrogen-bond donors (Lipinski definition) is 2. The van der Waals surface area contributed by atoms with Crippen LogP contribution in [-0.2, 0) is 9.53 Å². The monoisotopic (exact) mass is 414 g/mol. The Labute approximate surface area is 159 Å². The fraction of sp³-hybridized carbons (Fsp3) is 0.200. The number of aromatic amines is 1. The molecule has 0 aliphatic heterocycles. The van der Waals surface area contributed by atoms with Crippen LogP contribution in [0.5, 0.6) is 0 Å². The number of amides is 1. The molecule has 26 heavy (non-hydrogen) atoms. The van der Waals surface area contributed by atoms with E-state index in [4.69, 9.17) is 4.74 Å². The number of ether oxygens (including phenoxy) is 1. The maximum absolute atomic E-state index is 12.8. The second kappa shape index (κ2) is 7.74. The third kappa shape index (κ3) is 3.96. The Bertz CT molecular complexity index is 965. The zero-order chi connectivity index (χ0) is 18.7. The van der Waals surface area contributed by atoms with E-state index >= 15 is 0 Å². The van der Waals surface area contributed by atoms with Crippen LogP contribution < -0.4 is 5.32 Å². The fourth-order valence-corrected chi connectivity index (χ4v) is 3.31. The van der Waals surface area contributed by atoms with E-state index in [0.29, 0.717) is 5.69 Å². The van der Waals surface area contributed by atoms with Gasteiger partial charge in [0.15, 0.2) is 0 Å². The molecule has 0 aliphatic rings. The van der Waals surface area contributed by atoms with E-state index in [9.17, 15) is 9.59 Å². The van der Waals surface area contributed by atoms with Gasteiger partial charge in [0.1, 0.15) is 5.69 Å². The van der Waals surface area contributed by atoms with Gasteiger partial charge in [0, 0.05) is 15.4 Å². The highest BCUT2D eigenvalue weighted by Gasteiger charge is 2.21. The van der Waals surface area contributed by atoms with Crippen LogP contribution in [0, 0.1) is 6.92 Å². The Morgan fingerprint density at radius 3 is 2.65 bits per heavy atom. The smallest absolute Gasteiger partial charge is 0.307 e. The van der Waals surface area contributed by atoms with Crippen LogP contribution in [0.25, 0.3) is 10.9 Å². The Morgan fingerprint density at radius 1 is 1.19 bits per heavy atom. The summed E-state index contributed by atoms with van der Waals surface area (Å²) < 4.78 is 5.65. The molecular weight excluding hydrogens is 396 g/mol. The van der Waals surface area contributed by atoms with Crippen molar-refractivity contribution in [2.24, 2.45) is 0 Å². The van der Waals surface area contributed by atoms with Gasteiger partial charge < -0.3 is 15.0 Å². The van der Waals surface area contributed by atoms with E-state index in [1.54, 1.807) is 0 Å². The standard InChI is InChI=1S/C20H19BrN2O3/c1-12-5-3-7-14-10-17(22-19(12)14)20(25)23-16(11-18(24)26-2)13-6-4-8-15(21)9-13/h3-10,16,22H,11H2,1-2H3,(H,23,25). The Balaban J connectivity index is 1.88. The van der Waals surface area contributed by atoms with Gasteiger partial charge in [0.05, 0.1) is 19.6 Å². The first-order valence-corrected chi connectivity index (χ1v) is 8.98. The molecule has 3 aromatic rings. The number of fused-ring (bicyclic) bond motifs is 1. The number of methoxy groups -OCH3 is 1. The molecule has 0 radical (unpaired) electrons. The Kier molecular flexibility index (Phi) is 5.42. The molecular formula is C20H19BrN2O3. The predicted molar refractivity (Wildman–Crippen MR) is 104 cm³/mol. The number of benzene rings is 2. The summed E-state index contributed by atoms with van der Waals surface area (Å²) in [6.45, 7) is 1.99.